The van der Waals surface area contributed by atoms with Gasteiger partial charge in [-0.2, -0.15) is 13.2 Å². The number of aromatic nitrogens is 3. The van der Waals surface area contributed by atoms with E-state index in [0.717, 1.165) is 35.2 Å². The number of nitrogens with zero attached hydrogens (tertiary/aromatic N) is 4. The number of piperazine rings is 1. The van der Waals surface area contributed by atoms with E-state index in [1.165, 1.54) is 17.8 Å². The largest absolute Gasteiger partial charge is 0.490 e. The van der Waals surface area contributed by atoms with Crippen molar-refractivity contribution in [3.63, 3.8) is 0 Å². The van der Waals surface area contributed by atoms with Gasteiger partial charge in [-0.15, -0.1) is 16.4 Å². The molecule has 9 nitrogen and oxygen atoms in total. The third-order valence-electron chi connectivity index (χ3n) is 5.33. The highest BCUT2D eigenvalue weighted by Gasteiger charge is 2.38. The molecule has 3 aromatic rings. The van der Waals surface area contributed by atoms with Crippen molar-refractivity contribution in [3.05, 3.63) is 39.3 Å². The number of fused-ring (bicyclic) bond motifs is 4. The van der Waals surface area contributed by atoms with E-state index < -0.39 is 12.1 Å². The summed E-state index contributed by atoms with van der Waals surface area (Å²) in [5, 5.41) is 22.1. The fourth-order valence-electron chi connectivity index (χ4n) is 3.71. The number of halogens is 4. The molecule has 2 unspecified atom stereocenters. The van der Waals surface area contributed by atoms with Gasteiger partial charge in [-0.3, -0.25) is 4.79 Å². The highest BCUT2D eigenvalue weighted by molar-refractivity contribution is 9.10. The Kier molecular flexibility index (Phi) is 6.59. The molecular weight excluding hydrogens is 529 g/mol. The Labute approximate surface area is 197 Å². The van der Waals surface area contributed by atoms with Gasteiger partial charge in [-0.1, -0.05) is 0 Å². The molecule has 0 aliphatic carbocycles. The number of alkyl halides is 3. The van der Waals surface area contributed by atoms with Crippen LogP contribution in [0.25, 0.3) is 5.52 Å². The van der Waals surface area contributed by atoms with Gasteiger partial charge in [0.25, 0.3) is 5.91 Å². The quantitative estimate of drug-likeness (QED) is 0.461. The summed E-state index contributed by atoms with van der Waals surface area (Å²) in [6, 6.07) is 4.58. The van der Waals surface area contributed by atoms with Crippen LogP contribution in [0, 0.1) is 0 Å². The third kappa shape index (κ3) is 5.12. The van der Waals surface area contributed by atoms with Crippen molar-refractivity contribution in [2.75, 3.05) is 23.3 Å². The van der Waals surface area contributed by atoms with Gasteiger partial charge in [-0.05, 0) is 40.9 Å². The van der Waals surface area contributed by atoms with Crippen LogP contribution < -0.4 is 15.5 Å². The van der Waals surface area contributed by atoms with Gasteiger partial charge in [0, 0.05) is 35.9 Å². The molecular formula is C19H18BrF3N6O3S. The van der Waals surface area contributed by atoms with Crippen LogP contribution >= 0.6 is 27.3 Å². The van der Waals surface area contributed by atoms with E-state index in [9.17, 15) is 18.0 Å². The summed E-state index contributed by atoms with van der Waals surface area (Å²) in [6.45, 7) is 1.89. The van der Waals surface area contributed by atoms with Crippen molar-refractivity contribution in [3.8, 4) is 0 Å². The molecule has 6 rings (SSSR count). The van der Waals surface area contributed by atoms with Crippen LogP contribution in [0.4, 0.5) is 24.8 Å². The monoisotopic (exact) mass is 546 g/mol. The average Bonchev–Trinajstić information content (AvgIpc) is 3.40. The summed E-state index contributed by atoms with van der Waals surface area (Å²) in [5.41, 5.74) is 2.08. The van der Waals surface area contributed by atoms with Crippen molar-refractivity contribution in [1.29, 1.82) is 0 Å². The Bertz CT molecular complexity index is 1180. The number of aliphatic carboxylic acids is 1. The number of thiophene rings is 1. The molecule has 3 fully saturated rings. The summed E-state index contributed by atoms with van der Waals surface area (Å²) in [7, 11) is 0. The van der Waals surface area contributed by atoms with Crippen LogP contribution in [-0.2, 0) is 4.79 Å². The van der Waals surface area contributed by atoms with E-state index in [1.807, 2.05) is 16.8 Å². The van der Waals surface area contributed by atoms with E-state index in [-0.39, 0.29) is 5.91 Å². The van der Waals surface area contributed by atoms with Gasteiger partial charge < -0.3 is 20.6 Å². The zero-order valence-corrected chi connectivity index (χ0v) is 19.2. The van der Waals surface area contributed by atoms with Crippen molar-refractivity contribution in [1.82, 2.24) is 19.9 Å². The smallest absolute Gasteiger partial charge is 0.475 e. The Morgan fingerprint density at radius 3 is 2.58 bits per heavy atom. The lowest BCUT2D eigenvalue weighted by Crippen LogP contribution is -2.61. The van der Waals surface area contributed by atoms with Crippen LogP contribution in [0.5, 0.6) is 0 Å². The molecule has 6 heterocycles. The van der Waals surface area contributed by atoms with Crippen LogP contribution in [0.15, 0.2) is 33.6 Å². The molecule has 3 aromatic heterocycles. The summed E-state index contributed by atoms with van der Waals surface area (Å²) in [4.78, 5) is 28.4. The maximum atomic E-state index is 12.7. The predicted molar refractivity (Wildman–Crippen MR) is 119 cm³/mol. The first-order valence-electron chi connectivity index (χ1n) is 9.81. The highest BCUT2D eigenvalue weighted by atomic mass is 79.9. The van der Waals surface area contributed by atoms with Crippen molar-refractivity contribution >= 4 is 56.3 Å². The molecule has 0 aromatic carbocycles. The Morgan fingerprint density at radius 1 is 1.27 bits per heavy atom. The maximum absolute atomic E-state index is 12.7. The number of hydrogen-bond acceptors (Lipinski definition) is 7. The number of amides is 1. The number of carboxylic acid groups (broad SMARTS) is 1. The average molecular weight is 547 g/mol. The lowest BCUT2D eigenvalue weighted by Gasteiger charge is -2.45. The number of hydrogen-bond donors (Lipinski definition) is 3. The number of piperidine rings is 2. The number of carbonyl (C=O) groups excluding carboxylic acids is 1. The molecule has 3 aliphatic rings. The van der Waals surface area contributed by atoms with Gasteiger partial charge >= 0.3 is 12.1 Å². The summed E-state index contributed by atoms with van der Waals surface area (Å²) < 4.78 is 34.3. The topological polar surface area (TPSA) is 112 Å². The van der Waals surface area contributed by atoms with E-state index in [4.69, 9.17) is 9.90 Å². The summed E-state index contributed by atoms with van der Waals surface area (Å²) in [5.74, 6) is -2.25. The second-order valence-corrected chi connectivity index (χ2v) is 9.09. The van der Waals surface area contributed by atoms with E-state index in [0.29, 0.717) is 23.7 Å². The SMILES string of the molecule is O=C(Nc1cscc1Br)c1ccc2cnc(N3CC4CCC3CN4)nn12.O=C(O)C(F)(F)F. The van der Waals surface area contributed by atoms with Crippen molar-refractivity contribution in [2.24, 2.45) is 0 Å². The molecule has 0 spiro atoms. The normalized spacial score (nSPS) is 19.8. The van der Waals surface area contributed by atoms with Gasteiger partial charge in [0.1, 0.15) is 5.69 Å². The lowest BCUT2D eigenvalue weighted by molar-refractivity contribution is -0.192. The zero-order chi connectivity index (χ0) is 23.8. The molecule has 14 heteroatoms. The fraction of sp³-hybridized carbons (Fsp3) is 0.368. The predicted octanol–water partition coefficient (Wildman–Crippen LogP) is 3.38. The van der Waals surface area contributed by atoms with E-state index in [2.05, 4.69) is 41.5 Å². The second-order valence-electron chi connectivity index (χ2n) is 7.49. The Hall–Kier alpha value is -2.71. The molecule has 3 saturated heterocycles. The summed E-state index contributed by atoms with van der Waals surface area (Å²) in [6.07, 6.45) is -0.935. The molecule has 2 bridgehead atoms. The first-order valence-corrected chi connectivity index (χ1v) is 11.5. The third-order valence-corrected chi connectivity index (χ3v) is 7.03. The van der Waals surface area contributed by atoms with E-state index >= 15 is 0 Å². The second kappa shape index (κ2) is 9.27. The molecule has 3 N–H and O–H groups in total. The standard InChI is InChI=1S/C17H17BrN6OS.C2HF3O2/c18-13-8-26-9-14(13)21-16(25)15-4-3-12-6-20-17(22-24(12)15)23-7-10-1-2-11(23)5-19-10;3-2(4,5)1(6)7/h3-4,6,8-11,19H,1-2,5,7H2,(H,21,25);(H,6,7). The number of carboxylic acids is 1. The fourth-order valence-corrected chi connectivity index (χ4v) is 5.03. The minimum Gasteiger partial charge on any atom is -0.475 e. The van der Waals surface area contributed by atoms with Crippen LogP contribution in [0.3, 0.4) is 0 Å². The molecule has 1 amide bonds. The van der Waals surface area contributed by atoms with Gasteiger partial charge in [-0.25, -0.2) is 14.3 Å². The zero-order valence-electron chi connectivity index (χ0n) is 16.8. The van der Waals surface area contributed by atoms with Crippen LogP contribution in [-0.4, -0.2) is 62.9 Å². The number of rotatable bonds is 3. The van der Waals surface area contributed by atoms with Crippen molar-refractivity contribution < 1.29 is 27.9 Å². The molecule has 176 valence electrons. The first kappa shape index (κ1) is 23.4. The van der Waals surface area contributed by atoms with Gasteiger partial charge in [0.15, 0.2) is 0 Å². The van der Waals surface area contributed by atoms with Crippen LogP contribution in [0.1, 0.15) is 23.3 Å². The lowest BCUT2D eigenvalue weighted by atomic mass is 9.93. The number of nitrogens with one attached hydrogen (secondary N) is 2. The molecule has 0 radical (unpaired) electrons. The Morgan fingerprint density at radius 2 is 2.03 bits per heavy atom. The van der Waals surface area contributed by atoms with Gasteiger partial charge in [0.2, 0.25) is 5.95 Å². The van der Waals surface area contributed by atoms with Crippen molar-refractivity contribution in [2.45, 2.75) is 31.1 Å². The molecule has 33 heavy (non-hydrogen) atoms. The maximum Gasteiger partial charge on any atom is 0.490 e. The van der Waals surface area contributed by atoms with E-state index in [1.54, 1.807) is 16.8 Å². The highest BCUT2D eigenvalue weighted by Crippen LogP contribution is 2.28. The number of carbonyl (C=O) groups is 2. The van der Waals surface area contributed by atoms with Crippen LogP contribution in [0.2, 0.25) is 0 Å². The molecule has 3 aliphatic heterocycles. The molecule has 2 atom stereocenters. The summed E-state index contributed by atoms with van der Waals surface area (Å²) >= 11 is 4.97. The minimum absolute atomic E-state index is 0.185. The van der Waals surface area contributed by atoms with Gasteiger partial charge in [0.05, 0.1) is 21.9 Å². The number of anilines is 2. The molecule has 0 saturated carbocycles. The minimum atomic E-state index is -5.08. The first-order chi connectivity index (χ1) is 15.6. The Balaban J connectivity index is 0.000000325.